The zero-order chi connectivity index (χ0) is 22.3. The van der Waals surface area contributed by atoms with Crippen molar-refractivity contribution >= 4 is 17.5 Å². The number of anilines is 1. The summed E-state index contributed by atoms with van der Waals surface area (Å²) in [6.45, 7) is 0.969. The first kappa shape index (κ1) is 21.4. The molecular formula is C26H26N2O4. The third-order valence-electron chi connectivity index (χ3n) is 5.46. The first-order valence-corrected chi connectivity index (χ1v) is 10.6. The van der Waals surface area contributed by atoms with Gasteiger partial charge in [-0.25, -0.2) is 0 Å². The Morgan fingerprint density at radius 1 is 1.06 bits per heavy atom. The monoisotopic (exact) mass is 430 g/mol. The van der Waals surface area contributed by atoms with E-state index in [1.54, 1.807) is 18.1 Å². The minimum absolute atomic E-state index is 0.00135. The maximum Gasteiger partial charge on any atom is 0.260 e. The zero-order valence-corrected chi connectivity index (χ0v) is 18.0. The number of benzene rings is 3. The molecule has 0 spiro atoms. The number of amides is 2. The molecule has 1 aliphatic heterocycles. The first-order chi connectivity index (χ1) is 15.6. The van der Waals surface area contributed by atoms with Crippen LogP contribution in [0.4, 0.5) is 5.69 Å². The molecule has 0 aromatic heterocycles. The number of methoxy groups -OCH3 is 1. The highest BCUT2D eigenvalue weighted by atomic mass is 16.5. The summed E-state index contributed by atoms with van der Waals surface area (Å²) in [6, 6.07) is 22.9. The van der Waals surface area contributed by atoms with Crippen molar-refractivity contribution in [2.45, 2.75) is 19.4 Å². The Hall–Kier alpha value is -3.80. The van der Waals surface area contributed by atoms with E-state index in [0.717, 1.165) is 22.4 Å². The molecule has 6 nitrogen and oxygen atoms in total. The Bertz CT molecular complexity index is 1100. The van der Waals surface area contributed by atoms with Crippen LogP contribution in [0.25, 0.3) is 0 Å². The van der Waals surface area contributed by atoms with Crippen molar-refractivity contribution in [2.24, 2.45) is 0 Å². The Morgan fingerprint density at radius 3 is 2.66 bits per heavy atom. The lowest BCUT2D eigenvalue weighted by atomic mass is 10.1. The summed E-state index contributed by atoms with van der Waals surface area (Å²) in [5.74, 6) is 1.33. The summed E-state index contributed by atoms with van der Waals surface area (Å²) < 4.78 is 11.1. The van der Waals surface area contributed by atoms with Gasteiger partial charge in [0.1, 0.15) is 11.5 Å². The van der Waals surface area contributed by atoms with Gasteiger partial charge in [0.2, 0.25) is 5.91 Å². The molecule has 0 saturated carbocycles. The maximum absolute atomic E-state index is 12.6. The molecule has 0 fully saturated rings. The van der Waals surface area contributed by atoms with Gasteiger partial charge in [-0.2, -0.15) is 0 Å². The topological polar surface area (TPSA) is 67.9 Å². The number of fused-ring (bicyclic) bond motifs is 1. The number of nitrogens with zero attached hydrogens (tertiary/aromatic N) is 1. The van der Waals surface area contributed by atoms with Crippen molar-refractivity contribution < 1.29 is 19.1 Å². The van der Waals surface area contributed by atoms with Crippen LogP contribution in [0.5, 0.6) is 11.5 Å². The summed E-state index contributed by atoms with van der Waals surface area (Å²) in [7, 11) is 1.65. The molecule has 1 N–H and O–H groups in total. The third kappa shape index (κ3) is 5.27. The summed E-state index contributed by atoms with van der Waals surface area (Å²) >= 11 is 0. The second-order valence-electron chi connectivity index (χ2n) is 7.70. The SMILES string of the molecule is COc1ccccc1CCN1Cc2cc(NC(=O)Cc3ccccc3)ccc2OCC1=O. The molecule has 2 amide bonds. The molecule has 0 aliphatic carbocycles. The van der Waals surface area contributed by atoms with E-state index in [1.807, 2.05) is 66.7 Å². The van der Waals surface area contributed by atoms with E-state index in [9.17, 15) is 9.59 Å². The predicted molar refractivity (Wildman–Crippen MR) is 123 cm³/mol. The van der Waals surface area contributed by atoms with Gasteiger partial charge in [0.15, 0.2) is 6.61 Å². The van der Waals surface area contributed by atoms with E-state index in [2.05, 4.69) is 5.32 Å². The highest BCUT2D eigenvalue weighted by Crippen LogP contribution is 2.27. The quantitative estimate of drug-likeness (QED) is 0.619. The number of hydrogen-bond donors (Lipinski definition) is 1. The molecule has 0 bridgehead atoms. The largest absolute Gasteiger partial charge is 0.496 e. The highest BCUT2D eigenvalue weighted by molar-refractivity contribution is 5.92. The molecular weight excluding hydrogens is 404 g/mol. The molecule has 0 radical (unpaired) electrons. The number of para-hydroxylation sites is 1. The summed E-state index contributed by atoms with van der Waals surface area (Å²) in [5.41, 5.74) is 3.56. The second-order valence-corrected chi connectivity index (χ2v) is 7.70. The van der Waals surface area contributed by atoms with Crippen LogP contribution in [0.15, 0.2) is 72.8 Å². The fraction of sp³-hybridized carbons (Fsp3) is 0.231. The molecule has 4 rings (SSSR count). The van der Waals surface area contributed by atoms with Crippen molar-refractivity contribution in [1.29, 1.82) is 0 Å². The van der Waals surface area contributed by atoms with Gasteiger partial charge in [-0.15, -0.1) is 0 Å². The summed E-state index contributed by atoms with van der Waals surface area (Å²) in [4.78, 5) is 26.8. The first-order valence-electron chi connectivity index (χ1n) is 10.6. The van der Waals surface area contributed by atoms with Gasteiger partial charge in [0.05, 0.1) is 13.5 Å². The van der Waals surface area contributed by atoms with Crippen LogP contribution >= 0.6 is 0 Å². The Labute approximate surface area is 187 Å². The van der Waals surface area contributed by atoms with Crippen LogP contribution in [0.1, 0.15) is 16.7 Å². The maximum atomic E-state index is 12.6. The average Bonchev–Trinajstić information content (AvgIpc) is 2.96. The third-order valence-corrected chi connectivity index (χ3v) is 5.46. The summed E-state index contributed by atoms with van der Waals surface area (Å²) in [6.07, 6.45) is 0.983. The van der Waals surface area contributed by atoms with Gasteiger partial charge in [0, 0.05) is 24.3 Å². The molecule has 1 heterocycles. The van der Waals surface area contributed by atoms with E-state index in [4.69, 9.17) is 9.47 Å². The lowest BCUT2D eigenvalue weighted by molar-refractivity contribution is -0.133. The summed E-state index contributed by atoms with van der Waals surface area (Å²) in [5, 5.41) is 2.95. The molecule has 0 unspecified atom stereocenters. The molecule has 3 aromatic carbocycles. The lowest BCUT2D eigenvalue weighted by Crippen LogP contribution is -2.34. The van der Waals surface area contributed by atoms with Crippen LogP contribution in [0.3, 0.4) is 0 Å². The lowest BCUT2D eigenvalue weighted by Gasteiger charge is -2.21. The normalized spacial score (nSPS) is 13.0. The number of rotatable bonds is 7. The molecule has 3 aromatic rings. The van der Waals surface area contributed by atoms with Gasteiger partial charge in [-0.3, -0.25) is 9.59 Å². The fourth-order valence-corrected chi connectivity index (χ4v) is 3.80. The van der Waals surface area contributed by atoms with E-state index < -0.39 is 0 Å². The number of carbonyl (C=O) groups is 2. The van der Waals surface area contributed by atoms with E-state index in [1.165, 1.54) is 0 Å². The molecule has 1 aliphatic rings. The molecule has 6 heteroatoms. The van der Waals surface area contributed by atoms with Crippen molar-refractivity contribution in [2.75, 3.05) is 25.6 Å². The minimum atomic E-state index is -0.0882. The van der Waals surface area contributed by atoms with Crippen LogP contribution in [0, 0.1) is 0 Å². The van der Waals surface area contributed by atoms with E-state index in [-0.39, 0.29) is 18.4 Å². The van der Waals surface area contributed by atoms with E-state index in [0.29, 0.717) is 37.4 Å². The molecule has 32 heavy (non-hydrogen) atoms. The zero-order valence-electron chi connectivity index (χ0n) is 18.0. The smallest absolute Gasteiger partial charge is 0.260 e. The van der Waals surface area contributed by atoms with Crippen LogP contribution in [-0.2, 0) is 29.0 Å². The molecule has 0 atom stereocenters. The van der Waals surface area contributed by atoms with Crippen LogP contribution in [0.2, 0.25) is 0 Å². The van der Waals surface area contributed by atoms with Gasteiger partial charge < -0.3 is 19.7 Å². The molecule has 164 valence electrons. The van der Waals surface area contributed by atoms with Crippen molar-refractivity contribution in [3.8, 4) is 11.5 Å². The van der Waals surface area contributed by atoms with Crippen LogP contribution in [-0.4, -0.2) is 37.0 Å². The number of nitrogens with one attached hydrogen (secondary N) is 1. The van der Waals surface area contributed by atoms with Gasteiger partial charge in [-0.05, 0) is 41.8 Å². The van der Waals surface area contributed by atoms with E-state index >= 15 is 0 Å². The van der Waals surface area contributed by atoms with Crippen molar-refractivity contribution in [3.63, 3.8) is 0 Å². The fourth-order valence-electron chi connectivity index (χ4n) is 3.80. The number of carbonyl (C=O) groups excluding carboxylic acids is 2. The Kier molecular flexibility index (Phi) is 6.70. The molecule has 0 saturated heterocycles. The number of ether oxygens (including phenoxy) is 2. The average molecular weight is 431 g/mol. The number of hydrogen-bond acceptors (Lipinski definition) is 4. The van der Waals surface area contributed by atoms with Crippen molar-refractivity contribution in [3.05, 3.63) is 89.5 Å². The van der Waals surface area contributed by atoms with Gasteiger partial charge >= 0.3 is 0 Å². The highest BCUT2D eigenvalue weighted by Gasteiger charge is 2.22. The second kappa shape index (κ2) is 10.0. The standard InChI is InChI=1S/C26H26N2O4/c1-31-23-10-6-5-9-20(23)13-14-28-17-21-16-22(11-12-24(21)32-18-26(28)30)27-25(29)15-19-7-3-2-4-8-19/h2-12,16H,13-15,17-18H2,1H3,(H,27,29). The minimum Gasteiger partial charge on any atom is -0.496 e. The van der Waals surface area contributed by atoms with Crippen molar-refractivity contribution in [1.82, 2.24) is 4.90 Å². The Balaban J connectivity index is 1.44. The Morgan fingerprint density at radius 2 is 1.84 bits per heavy atom. The van der Waals surface area contributed by atoms with Crippen LogP contribution < -0.4 is 14.8 Å². The van der Waals surface area contributed by atoms with Gasteiger partial charge in [-0.1, -0.05) is 48.5 Å². The predicted octanol–water partition coefficient (Wildman–Crippen LogP) is 3.84. The van der Waals surface area contributed by atoms with Gasteiger partial charge in [0.25, 0.3) is 5.91 Å².